The van der Waals surface area contributed by atoms with Crippen molar-refractivity contribution >= 4 is 17.5 Å². The Balaban J connectivity index is 2.32. The van der Waals surface area contributed by atoms with Crippen molar-refractivity contribution in [3.8, 4) is 11.4 Å². The van der Waals surface area contributed by atoms with E-state index in [1.54, 1.807) is 13.2 Å². The van der Waals surface area contributed by atoms with Crippen molar-refractivity contribution in [3.63, 3.8) is 0 Å². The molecule has 9 heteroatoms. The number of aromatic nitrogens is 4. The number of carbonyl (C=O) groups excluding carboxylic acids is 1. The number of rotatable bonds is 6. The van der Waals surface area contributed by atoms with Gasteiger partial charge in [0.25, 0.3) is 5.91 Å². The average molecular weight is 326 g/mol. The topological polar surface area (TPSA) is 91.2 Å². The molecule has 1 heterocycles. The summed E-state index contributed by atoms with van der Waals surface area (Å²) in [5.41, 5.74) is 0.845. The number of hydrogen-bond donors (Lipinski definition) is 1. The Morgan fingerprint density at radius 3 is 2.82 bits per heavy atom. The number of benzene rings is 1. The van der Waals surface area contributed by atoms with Crippen molar-refractivity contribution in [1.29, 1.82) is 0 Å². The molecule has 0 saturated carbocycles. The second kappa shape index (κ2) is 7.19. The molecular formula is C13H16ClN5O3. The lowest BCUT2D eigenvalue weighted by Gasteiger charge is -2.15. The van der Waals surface area contributed by atoms with E-state index >= 15 is 0 Å². The molecule has 0 aliphatic carbocycles. The molecule has 1 aromatic heterocycles. The van der Waals surface area contributed by atoms with E-state index in [1.165, 1.54) is 24.2 Å². The largest absolute Gasteiger partial charge is 0.496 e. The average Bonchev–Trinajstić information content (AvgIpc) is 3.01. The molecule has 0 bridgehead atoms. The summed E-state index contributed by atoms with van der Waals surface area (Å²) in [6, 6.07) is 2.99. The maximum atomic E-state index is 12.3. The van der Waals surface area contributed by atoms with Gasteiger partial charge in [0, 0.05) is 19.2 Å². The molecule has 2 rings (SSSR count). The molecule has 0 radical (unpaired) electrons. The van der Waals surface area contributed by atoms with E-state index in [0.717, 1.165) is 0 Å². The van der Waals surface area contributed by atoms with Gasteiger partial charge in [0.2, 0.25) is 0 Å². The summed E-state index contributed by atoms with van der Waals surface area (Å²) in [6.07, 6.45) is 1.40. The van der Waals surface area contributed by atoms with E-state index < -0.39 is 0 Å². The van der Waals surface area contributed by atoms with Gasteiger partial charge in [-0.25, -0.2) is 0 Å². The Bertz CT molecular complexity index is 647. The third-order valence-corrected chi connectivity index (χ3v) is 3.21. The molecule has 8 nitrogen and oxygen atoms in total. The zero-order chi connectivity index (χ0) is 16.1. The van der Waals surface area contributed by atoms with E-state index in [-0.39, 0.29) is 11.9 Å². The second-order valence-electron chi connectivity index (χ2n) is 4.59. The van der Waals surface area contributed by atoms with E-state index in [2.05, 4.69) is 20.8 Å². The van der Waals surface area contributed by atoms with Crippen LogP contribution in [0, 0.1) is 0 Å². The molecule has 22 heavy (non-hydrogen) atoms. The van der Waals surface area contributed by atoms with Gasteiger partial charge in [0.1, 0.15) is 12.1 Å². The van der Waals surface area contributed by atoms with Crippen LogP contribution in [0.4, 0.5) is 0 Å². The third-order valence-electron chi connectivity index (χ3n) is 2.90. The first kappa shape index (κ1) is 16.2. The Hall–Kier alpha value is -2.19. The molecule has 1 atom stereocenters. The van der Waals surface area contributed by atoms with Gasteiger partial charge in [-0.15, -0.1) is 5.10 Å². The zero-order valence-electron chi connectivity index (χ0n) is 12.4. The number of methoxy groups -OCH3 is 2. The highest BCUT2D eigenvalue weighted by molar-refractivity contribution is 6.33. The predicted molar refractivity (Wildman–Crippen MR) is 79.5 cm³/mol. The van der Waals surface area contributed by atoms with E-state index in [4.69, 9.17) is 21.1 Å². The Kier molecular flexibility index (Phi) is 5.29. The highest BCUT2D eigenvalue weighted by atomic mass is 35.5. The molecule has 0 saturated heterocycles. The van der Waals surface area contributed by atoms with Gasteiger partial charge in [0.05, 0.1) is 30.0 Å². The fraction of sp³-hybridized carbons (Fsp3) is 0.385. The van der Waals surface area contributed by atoms with Gasteiger partial charge in [0.15, 0.2) is 0 Å². The van der Waals surface area contributed by atoms with Gasteiger partial charge in [-0.05, 0) is 23.4 Å². The fourth-order valence-electron chi connectivity index (χ4n) is 1.93. The van der Waals surface area contributed by atoms with Crippen molar-refractivity contribution in [2.24, 2.45) is 0 Å². The van der Waals surface area contributed by atoms with E-state index in [9.17, 15) is 4.79 Å². The molecule has 0 spiro atoms. The van der Waals surface area contributed by atoms with Crippen LogP contribution in [-0.2, 0) is 4.74 Å². The highest BCUT2D eigenvalue weighted by Crippen LogP contribution is 2.29. The first-order valence-electron chi connectivity index (χ1n) is 6.47. The monoisotopic (exact) mass is 325 g/mol. The molecule has 0 aliphatic rings. The smallest absolute Gasteiger partial charge is 0.255 e. The van der Waals surface area contributed by atoms with Gasteiger partial charge in [-0.2, -0.15) is 4.68 Å². The van der Waals surface area contributed by atoms with Crippen LogP contribution < -0.4 is 10.1 Å². The number of nitrogens with one attached hydrogen (secondary N) is 1. The van der Waals surface area contributed by atoms with Crippen molar-refractivity contribution < 1.29 is 14.3 Å². The number of hydrogen-bond acceptors (Lipinski definition) is 6. The van der Waals surface area contributed by atoms with Gasteiger partial charge in [-0.3, -0.25) is 4.79 Å². The highest BCUT2D eigenvalue weighted by Gasteiger charge is 2.18. The fourth-order valence-corrected chi connectivity index (χ4v) is 2.18. The van der Waals surface area contributed by atoms with Crippen molar-refractivity contribution in [2.45, 2.75) is 13.0 Å². The van der Waals surface area contributed by atoms with Crippen molar-refractivity contribution in [3.05, 3.63) is 29.0 Å². The number of tetrazole rings is 1. The Morgan fingerprint density at radius 2 is 2.23 bits per heavy atom. The SMILES string of the molecule is COCC(C)NC(=O)c1cc(Cl)c(-n2cnnn2)cc1OC. The quantitative estimate of drug-likeness (QED) is 0.855. The number of amides is 1. The lowest BCUT2D eigenvalue weighted by molar-refractivity contribution is 0.0902. The molecule has 0 aliphatic heterocycles. The van der Waals surface area contributed by atoms with Crippen LogP contribution >= 0.6 is 11.6 Å². The predicted octanol–water partition coefficient (Wildman–Crippen LogP) is 1.09. The lowest BCUT2D eigenvalue weighted by atomic mass is 10.1. The van der Waals surface area contributed by atoms with Crippen LogP contribution in [0.5, 0.6) is 5.75 Å². The number of carbonyl (C=O) groups is 1. The molecule has 1 unspecified atom stereocenters. The summed E-state index contributed by atoms with van der Waals surface area (Å²) in [7, 11) is 3.04. The molecular weight excluding hydrogens is 310 g/mol. The molecule has 0 fully saturated rings. The first-order chi connectivity index (χ1) is 10.6. The van der Waals surface area contributed by atoms with E-state index in [1.807, 2.05) is 6.92 Å². The van der Waals surface area contributed by atoms with Gasteiger partial charge < -0.3 is 14.8 Å². The van der Waals surface area contributed by atoms with Crippen LogP contribution in [0.25, 0.3) is 5.69 Å². The van der Waals surface area contributed by atoms with Crippen LogP contribution in [0.15, 0.2) is 18.5 Å². The number of nitrogens with zero attached hydrogens (tertiary/aromatic N) is 4. The Labute approximate surface area is 132 Å². The lowest BCUT2D eigenvalue weighted by Crippen LogP contribution is -2.35. The van der Waals surface area contributed by atoms with Gasteiger partial charge in [-0.1, -0.05) is 11.6 Å². The minimum Gasteiger partial charge on any atom is -0.496 e. The van der Waals surface area contributed by atoms with Gasteiger partial charge >= 0.3 is 0 Å². The molecule has 118 valence electrons. The summed E-state index contributed by atoms with van der Waals surface area (Å²) in [5, 5.41) is 14.0. The minimum absolute atomic E-state index is 0.139. The van der Waals surface area contributed by atoms with Crippen LogP contribution in [0.1, 0.15) is 17.3 Å². The first-order valence-corrected chi connectivity index (χ1v) is 6.85. The van der Waals surface area contributed by atoms with Crippen molar-refractivity contribution in [2.75, 3.05) is 20.8 Å². The van der Waals surface area contributed by atoms with E-state index in [0.29, 0.717) is 28.6 Å². The molecule has 1 amide bonds. The van der Waals surface area contributed by atoms with Crippen LogP contribution in [0.2, 0.25) is 5.02 Å². The van der Waals surface area contributed by atoms with Crippen LogP contribution in [-0.4, -0.2) is 53.0 Å². The summed E-state index contributed by atoms with van der Waals surface area (Å²) >= 11 is 6.21. The van der Waals surface area contributed by atoms with Crippen LogP contribution in [0.3, 0.4) is 0 Å². The summed E-state index contributed by atoms with van der Waals surface area (Å²) in [6.45, 7) is 2.25. The summed E-state index contributed by atoms with van der Waals surface area (Å²) < 4.78 is 11.6. The second-order valence-corrected chi connectivity index (χ2v) is 5.00. The summed E-state index contributed by atoms with van der Waals surface area (Å²) in [4.78, 5) is 12.3. The normalized spacial score (nSPS) is 12.0. The number of halogens is 1. The zero-order valence-corrected chi connectivity index (χ0v) is 13.2. The molecule has 2 aromatic rings. The maximum absolute atomic E-state index is 12.3. The van der Waals surface area contributed by atoms with Crippen molar-refractivity contribution in [1.82, 2.24) is 25.5 Å². The Morgan fingerprint density at radius 1 is 1.45 bits per heavy atom. The third kappa shape index (κ3) is 3.52. The minimum atomic E-state index is -0.299. The number of ether oxygens (including phenoxy) is 2. The molecule has 1 N–H and O–H groups in total. The molecule has 1 aromatic carbocycles. The maximum Gasteiger partial charge on any atom is 0.255 e. The summed E-state index contributed by atoms with van der Waals surface area (Å²) in [5.74, 6) is 0.0728. The standard InChI is InChI=1S/C13H16ClN5O3/c1-8(6-21-2)16-13(20)9-4-10(14)11(5-12(9)22-3)19-7-15-17-18-19/h4-5,7-8H,6H2,1-3H3,(H,16,20).